The van der Waals surface area contributed by atoms with E-state index in [1.165, 1.54) is 34.2 Å². The summed E-state index contributed by atoms with van der Waals surface area (Å²) in [4.78, 5) is 1.45. The smallest absolute Gasteiger partial charge is 0.0386 e. The Kier molecular flexibility index (Phi) is 5.41. The van der Waals surface area contributed by atoms with Gasteiger partial charge in [0, 0.05) is 15.6 Å². The third-order valence-corrected chi connectivity index (χ3v) is 4.83. The molecule has 1 nitrogen and oxygen atoms in total. The van der Waals surface area contributed by atoms with Crippen LogP contribution in [-0.2, 0) is 0 Å². The second-order valence-corrected chi connectivity index (χ2v) is 6.87. The molecule has 1 N–H and O–H groups in total. The lowest BCUT2D eigenvalue weighted by atomic mass is 10.1. The third kappa shape index (κ3) is 4.32. The maximum absolute atomic E-state index is 3.64. The molecule has 1 aromatic carbocycles. The van der Waals surface area contributed by atoms with Crippen LogP contribution in [0.25, 0.3) is 10.1 Å². The Labute approximate surface area is 121 Å². The second kappa shape index (κ2) is 7.06. The van der Waals surface area contributed by atoms with E-state index in [0.717, 1.165) is 12.5 Å². The summed E-state index contributed by atoms with van der Waals surface area (Å²) < 4.78 is 1.39. The van der Waals surface area contributed by atoms with Crippen molar-refractivity contribution in [2.75, 3.05) is 6.54 Å². The molecular weight excluding hydrogens is 250 g/mol. The summed E-state index contributed by atoms with van der Waals surface area (Å²) in [5.41, 5.74) is 0. The third-order valence-electron chi connectivity index (χ3n) is 3.53. The summed E-state index contributed by atoms with van der Waals surface area (Å²) in [5.74, 6) is 0.833. The molecule has 0 amide bonds. The molecule has 0 saturated carbocycles. The van der Waals surface area contributed by atoms with Gasteiger partial charge < -0.3 is 5.32 Å². The number of hydrogen-bond donors (Lipinski definition) is 1. The van der Waals surface area contributed by atoms with Crippen LogP contribution >= 0.6 is 11.3 Å². The minimum absolute atomic E-state index is 0.469. The van der Waals surface area contributed by atoms with E-state index in [9.17, 15) is 0 Å². The summed E-state index contributed by atoms with van der Waals surface area (Å²) >= 11 is 1.91. The van der Waals surface area contributed by atoms with Gasteiger partial charge in [-0.05, 0) is 43.3 Å². The van der Waals surface area contributed by atoms with Crippen molar-refractivity contribution in [1.82, 2.24) is 5.32 Å². The van der Waals surface area contributed by atoms with Gasteiger partial charge in [0.25, 0.3) is 0 Å². The fourth-order valence-corrected chi connectivity index (χ4v) is 3.40. The van der Waals surface area contributed by atoms with Crippen LogP contribution in [0.2, 0.25) is 0 Å². The zero-order chi connectivity index (χ0) is 13.7. The SMILES string of the molecule is CC(C)CCCCNC(C)c1cc2ccccc2s1. The highest BCUT2D eigenvalue weighted by molar-refractivity contribution is 7.19. The molecule has 1 aromatic heterocycles. The van der Waals surface area contributed by atoms with E-state index < -0.39 is 0 Å². The molecule has 0 spiro atoms. The number of thiophene rings is 1. The topological polar surface area (TPSA) is 12.0 Å². The normalized spacial score (nSPS) is 13.3. The molecule has 0 aliphatic carbocycles. The summed E-state index contributed by atoms with van der Waals surface area (Å²) in [6, 6.07) is 11.4. The molecule has 0 fully saturated rings. The monoisotopic (exact) mass is 275 g/mol. The first-order valence-corrected chi connectivity index (χ1v) is 8.20. The van der Waals surface area contributed by atoms with E-state index in [-0.39, 0.29) is 0 Å². The fraction of sp³-hybridized carbons (Fsp3) is 0.529. The summed E-state index contributed by atoms with van der Waals surface area (Å²) in [5, 5.41) is 5.02. The predicted molar refractivity (Wildman–Crippen MR) is 86.9 cm³/mol. The van der Waals surface area contributed by atoms with E-state index in [0.29, 0.717) is 6.04 Å². The first kappa shape index (κ1) is 14.5. The fourth-order valence-electron chi connectivity index (χ4n) is 2.31. The highest BCUT2D eigenvalue weighted by Gasteiger charge is 2.08. The van der Waals surface area contributed by atoms with E-state index in [4.69, 9.17) is 0 Å². The van der Waals surface area contributed by atoms with Gasteiger partial charge in [-0.15, -0.1) is 11.3 Å². The molecule has 0 bridgehead atoms. The van der Waals surface area contributed by atoms with Gasteiger partial charge in [0.1, 0.15) is 0 Å². The van der Waals surface area contributed by atoms with Crippen LogP contribution in [-0.4, -0.2) is 6.54 Å². The Morgan fingerprint density at radius 1 is 1.11 bits per heavy atom. The molecule has 0 saturated heterocycles. The molecule has 2 heteroatoms. The highest BCUT2D eigenvalue weighted by atomic mass is 32.1. The number of rotatable bonds is 7. The molecule has 104 valence electrons. The van der Waals surface area contributed by atoms with Gasteiger partial charge in [-0.1, -0.05) is 44.9 Å². The van der Waals surface area contributed by atoms with Crippen molar-refractivity contribution in [3.63, 3.8) is 0 Å². The van der Waals surface area contributed by atoms with Crippen LogP contribution in [0.3, 0.4) is 0 Å². The van der Waals surface area contributed by atoms with Gasteiger partial charge in [0.2, 0.25) is 0 Å². The summed E-state index contributed by atoms with van der Waals surface area (Å²) in [6.45, 7) is 8.00. The van der Waals surface area contributed by atoms with Gasteiger partial charge in [-0.25, -0.2) is 0 Å². The summed E-state index contributed by atoms with van der Waals surface area (Å²) in [7, 11) is 0. The Morgan fingerprint density at radius 3 is 2.63 bits per heavy atom. The van der Waals surface area contributed by atoms with Crippen molar-refractivity contribution in [1.29, 1.82) is 0 Å². The van der Waals surface area contributed by atoms with E-state index in [1.807, 2.05) is 11.3 Å². The lowest BCUT2D eigenvalue weighted by Crippen LogP contribution is -2.19. The first-order valence-electron chi connectivity index (χ1n) is 7.38. The van der Waals surface area contributed by atoms with Crippen molar-refractivity contribution < 1.29 is 0 Å². The minimum Gasteiger partial charge on any atom is -0.309 e. The van der Waals surface area contributed by atoms with Crippen LogP contribution < -0.4 is 5.32 Å². The highest BCUT2D eigenvalue weighted by Crippen LogP contribution is 2.29. The standard InChI is InChI=1S/C17H25NS/c1-13(2)8-6-7-11-18-14(3)17-12-15-9-4-5-10-16(15)19-17/h4-5,9-10,12-14,18H,6-8,11H2,1-3H3. The number of benzene rings is 1. The number of nitrogens with one attached hydrogen (secondary N) is 1. The number of unbranched alkanes of at least 4 members (excludes halogenated alkanes) is 1. The van der Waals surface area contributed by atoms with Crippen molar-refractivity contribution >= 4 is 21.4 Å². The van der Waals surface area contributed by atoms with Crippen LogP contribution in [0.15, 0.2) is 30.3 Å². The lowest BCUT2D eigenvalue weighted by Gasteiger charge is -2.12. The average Bonchev–Trinajstić information content (AvgIpc) is 2.81. The molecule has 0 aliphatic heterocycles. The molecule has 1 unspecified atom stereocenters. The molecule has 1 heterocycles. The van der Waals surface area contributed by atoms with Gasteiger partial charge >= 0.3 is 0 Å². The van der Waals surface area contributed by atoms with E-state index >= 15 is 0 Å². The van der Waals surface area contributed by atoms with Gasteiger partial charge in [0.05, 0.1) is 0 Å². The molecule has 0 radical (unpaired) electrons. The summed E-state index contributed by atoms with van der Waals surface area (Å²) in [6.07, 6.45) is 3.97. The molecule has 0 aliphatic rings. The zero-order valence-electron chi connectivity index (χ0n) is 12.3. The Hall–Kier alpha value is -0.860. The second-order valence-electron chi connectivity index (χ2n) is 5.75. The van der Waals surface area contributed by atoms with Gasteiger partial charge in [0.15, 0.2) is 0 Å². The molecular formula is C17H25NS. The predicted octanol–water partition coefficient (Wildman–Crippen LogP) is 5.38. The molecule has 19 heavy (non-hydrogen) atoms. The van der Waals surface area contributed by atoms with E-state index in [2.05, 4.69) is 56.4 Å². The van der Waals surface area contributed by atoms with Crippen LogP contribution in [0.1, 0.15) is 51.0 Å². The van der Waals surface area contributed by atoms with Crippen LogP contribution in [0.5, 0.6) is 0 Å². The van der Waals surface area contributed by atoms with Crippen molar-refractivity contribution in [2.24, 2.45) is 5.92 Å². The van der Waals surface area contributed by atoms with Crippen molar-refractivity contribution in [3.8, 4) is 0 Å². The number of hydrogen-bond acceptors (Lipinski definition) is 2. The van der Waals surface area contributed by atoms with Crippen molar-refractivity contribution in [3.05, 3.63) is 35.2 Å². The Balaban J connectivity index is 1.81. The molecule has 2 rings (SSSR count). The average molecular weight is 275 g/mol. The zero-order valence-corrected chi connectivity index (χ0v) is 13.1. The lowest BCUT2D eigenvalue weighted by molar-refractivity contribution is 0.500. The first-order chi connectivity index (χ1) is 9.16. The maximum Gasteiger partial charge on any atom is 0.0386 e. The molecule has 1 atom stereocenters. The quantitative estimate of drug-likeness (QED) is 0.669. The number of fused-ring (bicyclic) bond motifs is 1. The maximum atomic E-state index is 3.64. The van der Waals surface area contributed by atoms with Crippen molar-refractivity contribution in [2.45, 2.75) is 46.1 Å². The molecule has 2 aromatic rings. The minimum atomic E-state index is 0.469. The Morgan fingerprint density at radius 2 is 1.89 bits per heavy atom. The largest absolute Gasteiger partial charge is 0.309 e. The van der Waals surface area contributed by atoms with Crippen LogP contribution in [0, 0.1) is 5.92 Å². The van der Waals surface area contributed by atoms with Gasteiger partial charge in [-0.2, -0.15) is 0 Å². The van der Waals surface area contributed by atoms with Gasteiger partial charge in [-0.3, -0.25) is 0 Å². The van der Waals surface area contributed by atoms with E-state index in [1.54, 1.807) is 0 Å². The Bertz CT molecular complexity index is 468. The van der Waals surface area contributed by atoms with Crippen LogP contribution in [0.4, 0.5) is 0 Å².